The monoisotopic (exact) mass is 280 g/mol. The molecule has 0 atom stereocenters. The van der Waals surface area contributed by atoms with Gasteiger partial charge in [-0.25, -0.2) is 8.78 Å². The van der Waals surface area contributed by atoms with E-state index in [1.807, 2.05) is 0 Å². The molecule has 0 saturated heterocycles. The van der Waals surface area contributed by atoms with Crippen molar-refractivity contribution < 1.29 is 18.3 Å². The fourth-order valence-corrected chi connectivity index (χ4v) is 1.44. The number of methoxy groups -OCH3 is 1. The van der Waals surface area contributed by atoms with Gasteiger partial charge in [0.15, 0.2) is 0 Å². The van der Waals surface area contributed by atoms with Gasteiger partial charge in [-0.3, -0.25) is 4.79 Å². The lowest BCUT2D eigenvalue weighted by Gasteiger charge is -2.04. The van der Waals surface area contributed by atoms with E-state index in [0.717, 1.165) is 12.1 Å². The maximum Gasteiger partial charge on any atom is 0.261 e. The topological polar surface area (TPSA) is 62.1 Å². The number of carbonyl (C=O) groups excluding carboxylic acids is 1. The Morgan fingerprint density at radius 2 is 2.25 bits per heavy atom. The predicted molar refractivity (Wildman–Crippen MR) is 69.5 cm³/mol. The fourth-order valence-electron chi connectivity index (χ4n) is 1.44. The first-order valence-electron chi connectivity index (χ1n) is 5.92. The molecular formula is C14H14F2N2O2. The Labute approximate surface area is 115 Å². The number of hydrogen-bond acceptors (Lipinski definition) is 3. The zero-order chi connectivity index (χ0) is 15.0. The average molecular weight is 280 g/mol. The summed E-state index contributed by atoms with van der Waals surface area (Å²) in [6.07, 6.45) is 1.69. The van der Waals surface area contributed by atoms with Gasteiger partial charge in [-0.1, -0.05) is 0 Å². The number of nitriles is 1. The molecule has 4 nitrogen and oxygen atoms in total. The van der Waals surface area contributed by atoms with Gasteiger partial charge >= 0.3 is 0 Å². The molecule has 0 spiro atoms. The zero-order valence-electron chi connectivity index (χ0n) is 11.0. The molecule has 0 heterocycles. The van der Waals surface area contributed by atoms with Gasteiger partial charge in [0.25, 0.3) is 5.91 Å². The van der Waals surface area contributed by atoms with Crippen LogP contribution >= 0.6 is 0 Å². The third kappa shape index (κ3) is 4.78. The first kappa shape index (κ1) is 15.8. The summed E-state index contributed by atoms with van der Waals surface area (Å²) in [6, 6.07) is 4.61. The standard InChI is InChI=1S/C14H14F2N2O2/c1-20-6-2-5-18-14(19)11(9-17)7-10-3-4-12(15)8-13(10)16/h3-4,7-8H,2,5-6H2,1H3,(H,18,19)/b11-7+. The van der Waals surface area contributed by atoms with Gasteiger partial charge in [0.2, 0.25) is 0 Å². The Bertz CT molecular complexity index is 551. The lowest BCUT2D eigenvalue weighted by molar-refractivity contribution is -0.117. The molecule has 1 amide bonds. The van der Waals surface area contributed by atoms with E-state index >= 15 is 0 Å². The number of carbonyl (C=O) groups is 1. The van der Waals surface area contributed by atoms with Gasteiger partial charge in [-0.05, 0) is 24.6 Å². The van der Waals surface area contributed by atoms with E-state index in [-0.39, 0.29) is 11.1 Å². The van der Waals surface area contributed by atoms with Crippen LogP contribution in [0.15, 0.2) is 23.8 Å². The minimum atomic E-state index is -0.829. The highest BCUT2D eigenvalue weighted by molar-refractivity contribution is 6.01. The SMILES string of the molecule is COCCCNC(=O)/C(C#N)=C/c1ccc(F)cc1F. The summed E-state index contributed by atoms with van der Waals surface area (Å²) < 4.78 is 31.0. The molecule has 0 fully saturated rings. The molecule has 6 heteroatoms. The molecule has 1 rings (SSSR count). The molecule has 1 aromatic rings. The third-order valence-corrected chi connectivity index (χ3v) is 2.44. The lowest BCUT2D eigenvalue weighted by Crippen LogP contribution is -2.26. The summed E-state index contributed by atoms with van der Waals surface area (Å²) in [5.41, 5.74) is -0.261. The highest BCUT2D eigenvalue weighted by atomic mass is 19.1. The summed E-state index contributed by atoms with van der Waals surface area (Å²) >= 11 is 0. The van der Waals surface area contributed by atoms with Crippen LogP contribution in [0.1, 0.15) is 12.0 Å². The fraction of sp³-hybridized carbons (Fsp3) is 0.286. The molecule has 0 aliphatic heterocycles. The molecule has 20 heavy (non-hydrogen) atoms. The quantitative estimate of drug-likeness (QED) is 0.492. The third-order valence-electron chi connectivity index (χ3n) is 2.44. The number of nitrogens with one attached hydrogen (secondary N) is 1. The molecule has 0 aliphatic rings. The van der Waals surface area contributed by atoms with Crippen molar-refractivity contribution in [3.8, 4) is 6.07 Å². The largest absolute Gasteiger partial charge is 0.385 e. The molecule has 1 N–H and O–H groups in total. The van der Waals surface area contributed by atoms with Crippen molar-refractivity contribution in [1.82, 2.24) is 5.32 Å². The second-order valence-electron chi connectivity index (χ2n) is 3.94. The van der Waals surface area contributed by atoms with Gasteiger partial charge < -0.3 is 10.1 Å². The van der Waals surface area contributed by atoms with E-state index in [0.29, 0.717) is 25.6 Å². The number of rotatable bonds is 6. The van der Waals surface area contributed by atoms with Gasteiger partial charge in [-0.15, -0.1) is 0 Å². The Hall–Kier alpha value is -2.26. The first-order valence-corrected chi connectivity index (χ1v) is 5.92. The van der Waals surface area contributed by atoms with Crippen molar-refractivity contribution in [2.24, 2.45) is 0 Å². The minimum Gasteiger partial charge on any atom is -0.385 e. The molecule has 106 valence electrons. The van der Waals surface area contributed by atoms with Crippen LogP contribution in [-0.2, 0) is 9.53 Å². The summed E-state index contributed by atoms with van der Waals surface area (Å²) in [5.74, 6) is -2.15. The highest BCUT2D eigenvalue weighted by Gasteiger charge is 2.10. The molecule has 0 aliphatic carbocycles. The van der Waals surface area contributed by atoms with Crippen molar-refractivity contribution in [3.05, 3.63) is 41.0 Å². The van der Waals surface area contributed by atoms with Crippen molar-refractivity contribution in [3.63, 3.8) is 0 Å². The van der Waals surface area contributed by atoms with Crippen LogP contribution in [0, 0.1) is 23.0 Å². The Morgan fingerprint density at radius 1 is 1.50 bits per heavy atom. The normalized spacial score (nSPS) is 11.0. The molecule has 0 unspecified atom stereocenters. The van der Waals surface area contributed by atoms with Crippen LogP contribution < -0.4 is 5.32 Å². The number of halogens is 2. The van der Waals surface area contributed by atoms with Crippen molar-refractivity contribution in [2.45, 2.75) is 6.42 Å². The average Bonchev–Trinajstić information content (AvgIpc) is 2.42. The van der Waals surface area contributed by atoms with Crippen molar-refractivity contribution in [2.75, 3.05) is 20.3 Å². The second kappa shape index (κ2) is 8.02. The smallest absolute Gasteiger partial charge is 0.261 e. The molecule has 1 aromatic carbocycles. The van der Waals surface area contributed by atoms with Gasteiger partial charge in [-0.2, -0.15) is 5.26 Å². The van der Waals surface area contributed by atoms with Crippen LogP contribution in [0.25, 0.3) is 6.08 Å². The Kier molecular flexibility index (Phi) is 6.33. The van der Waals surface area contributed by atoms with E-state index in [4.69, 9.17) is 10.00 Å². The van der Waals surface area contributed by atoms with Gasteiger partial charge in [0.05, 0.1) is 0 Å². The van der Waals surface area contributed by atoms with Crippen LogP contribution in [0.4, 0.5) is 8.78 Å². The summed E-state index contributed by atoms with van der Waals surface area (Å²) in [4.78, 5) is 11.7. The first-order chi connectivity index (χ1) is 9.58. The van der Waals surface area contributed by atoms with E-state index < -0.39 is 17.5 Å². The van der Waals surface area contributed by atoms with Crippen LogP contribution in [0.3, 0.4) is 0 Å². The molecule has 0 saturated carbocycles. The van der Waals surface area contributed by atoms with Crippen molar-refractivity contribution >= 4 is 12.0 Å². The van der Waals surface area contributed by atoms with Crippen LogP contribution in [0.2, 0.25) is 0 Å². The van der Waals surface area contributed by atoms with E-state index in [2.05, 4.69) is 5.32 Å². The highest BCUT2D eigenvalue weighted by Crippen LogP contribution is 2.13. The van der Waals surface area contributed by atoms with E-state index in [1.54, 1.807) is 13.2 Å². The maximum atomic E-state index is 13.4. The number of benzene rings is 1. The summed E-state index contributed by atoms with van der Waals surface area (Å²) in [6.45, 7) is 0.829. The van der Waals surface area contributed by atoms with Crippen LogP contribution in [0.5, 0.6) is 0 Å². The molecule has 0 radical (unpaired) electrons. The van der Waals surface area contributed by atoms with E-state index in [1.165, 1.54) is 6.07 Å². The number of hydrogen-bond donors (Lipinski definition) is 1. The lowest BCUT2D eigenvalue weighted by atomic mass is 10.1. The van der Waals surface area contributed by atoms with Crippen molar-refractivity contribution in [1.29, 1.82) is 5.26 Å². The summed E-state index contributed by atoms with van der Waals surface area (Å²) in [5, 5.41) is 11.4. The van der Waals surface area contributed by atoms with Crippen LogP contribution in [-0.4, -0.2) is 26.2 Å². The Morgan fingerprint density at radius 3 is 2.85 bits per heavy atom. The van der Waals surface area contributed by atoms with Gasteiger partial charge in [0.1, 0.15) is 23.3 Å². The summed E-state index contributed by atoms with van der Waals surface area (Å²) in [7, 11) is 1.54. The number of nitrogens with zero attached hydrogens (tertiary/aromatic N) is 1. The second-order valence-corrected chi connectivity index (χ2v) is 3.94. The van der Waals surface area contributed by atoms with Gasteiger partial charge in [0, 0.05) is 31.9 Å². The Balaban J connectivity index is 2.77. The predicted octanol–water partition coefficient (Wildman–Crippen LogP) is 2.02. The zero-order valence-corrected chi connectivity index (χ0v) is 11.0. The number of ether oxygens (including phenoxy) is 1. The molecule has 0 bridgehead atoms. The maximum absolute atomic E-state index is 13.4. The minimum absolute atomic E-state index is 0.0185. The molecular weight excluding hydrogens is 266 g/mol. The molecule has 0 aromatic heterocycles. The van der Waals surface area contributed by atoms with E-state index in [9.17, 15) is 13.6 Å². The number of amides is 1.